The van der Waals surface area contributed by atoms with E-state index >= 15 is 0 Å². The standard InChI is InChI=1S/C20H19N3OS/c1-12-13(2)23(14(3)15-7-5-4-6-8-15)19-17(12)20(24)22-18(21-19)16-9-10-25-11-16/h4-11,14H,1-3H3,(H,21,22,24). The molecular formula is C20H19N3OS. The Labute approximate surface area is 149 Å². The number of nitrogens with zero attached hydrogens (tertiary/aromatic N) is 2. The molecule has 0 aliphatic rings. The van der Waals surface area contributed by atoms with Gasteiger partial charge in [-0.2, -0.15) is 11.3 Å². The van der Waals surface area contributed by atoms with E-state index in [9.17, 15) is 4.79 Å². The van der Waals surface area contributed by atoms with Crippen molar-refractivity contribution in [3.8, 4) is 11.4 Å². The molecule has 3 aromatic heterocycles. The zero-order chi connectivity index (χ0) is 17.6. The van der Waals surface area contributed by atoms with Crippen molar-refractivity contribution in [2.45, 2.75) is 26.8 Å². The van der Waals surface area contributed by atoms with Crippen LogP contribution in [0.25, 0.3) is 22.4 Å². The Kier molecular flexibility index (Phi) is 3.81. The molecule has 5 heteroatoms. The van der Waals surface area contributed by atoms with Crippen molar-refractivity contribution in [2.75, 3.05) is 0 Å². The quantitative estimate of drug-likeness (QED) is 0.584. The lowest BCUT2D eigenvalue weighted by Crippen LogP contribution is -2.13. The lowest BCUT2D eigenvalue weighted by atomic mass is 10.1. The van der Waals surface area contributed by atoms with E-state index in [0.29, 0.717) is 11.2 Å². The van der Waals surface area contributed by atoms with Gasteiger partial charge in [-0.1, -0.05) is 30.3 Å². The van der Waals surface area contributed by atoms with Gasteiger partial charge in [-0.15, -0.1) is 0 Å². The molecule has 25 heavy (non-hydrogen) atoms. The van der Waals surface area contributed by atoms with Gasteiger partial charge in [0.25, 0.3) is 5.56 Å². The van der Waals surface area contributed by atoms with Crippen LogP contribution in [-0.4, -0.2) is 14.5 Å². The Hall–Kier alpha value is -2.66. The maximum absolute atomic E-state index is 12.7. The fourth-order valence-electron chi connectivity index (χ4n) is 3.38. The molecule has 1 atom stereocenters. The summed E-state index contributed by atoms with van der Waals surface area (Å²) in [4.78, 5) is 20.5. The average molecular weight is 349 g/mol. The van der Waals surface area contributed by atoms with Crippen molar-refractivity contribution in [1.29, 1.82) is 0 Å². The molecular weight excluding hydrogens is 330 g/mol. The normalized spacial score (nSPS) is 12.6. The minimum atomic E-state index is -0.0780. The van der Waals surface area contributed by atoms with E-state index in [1.807, 2.05) is 41.9 Å². The zero-order valence-corrected chi connectivity index (χ0v) is 15.2. The van der Waals surface area contributed by atoms with Crippen molar-refractivity contribution in [2.24, 2.45) is 0 Å². The molecule has 126 valence electrons. The number of aromatic nitrogens is 3. The first-order valence-corrected chi connectivity index (χ1v) is 9.21. The molecule has 3 heterocycles. The van der Waals surface area contributed by atoms with Gasteiger partial charge in [-0.3, -0.25) is 4.79 Å². The summed E-state index contributed by atoms with van der Waals surface area (Å²) in [5.74, 6) is 0.623. The van der Waals surface area contributed by atoms with Gasteiger partial charge in [0, 0.05) is 16.6 Å². The van der Waals surface area contributed by atoms with Crippen LogP contribution < -0.4 is 5.56 Å². The van der Waals surface area contributed by atoms with E-state index in [1.165, 1.54) is 5.56 Å². The van der Waals surface area contributed by atoms with E-state index < -0.39 is 0 Å². The van der Waals surface area contributed by atoms with E-state index in [4.69, 9.17) is 4.98 Å². The first kappa shape index (κ1) is 15.8. The highest BCUT2D eigenvalue weighted by Crippen LogP contribution is 2.29. The molecule has 0 aliphatic carbocycles. The topological polar surface area (TPSA) is 50.7 Å². The van der Waals surface area contributed by atoms with Gasteiger partial charge >= 0.3 is 0 Å². The molecule has 4 nitrogen and oxygen atoms in total. The highest BCUT2D eigenvalue weighted by Gasteiger charge is 2.21. The lowest BCUT2D eigenvalue weighted by molar-refractivity contribution is 0.639. The van der Waals surface area contributed by atoms with Gasteiger partial charge in [-0.05, 0) is 43.3 Å². The van der Waals surface area contributed by atoms with E-state index in [-0.39, 0.29) is 11.6 Å². The summed E-state index contributed by atoms with van der Waals surface area (Å²) < 4.78 is 2.17. The summed E-state index contributed by atoms with van der Waals surface area (Å²) >= 11 is 1.59. The molecule has 0 spiro atoms. The van der Waals surface area contributed by atoms with Gasteiger partial charge in [0.15, 0.2) is 0 Å². The Morgan fingerprint density at radius 3 is 2.60 bits per heavy atom. The summed E-state index contributed by atoms with van der Waals surface area (Å²) in [7, 11) is 0. The Morgan fingerprint density at radius 2 is 1.92 bits per heavy atom. The van der Waals surface area contributed by atoms with Crippen molar-refractivity contribution in [3.05, 3.63) is 74.3 Å². The first-order valence-electron chi connectivity index (χ1n) is 8.27. The first-order chi connectivity index (χ1) is 12.1. The van der Waals surface area contributed by atoms with Crippen LogP contribution >= 0.6 is 11.3 Å². The van der Waals surface area contributed by atoms with Crippen molar-refractivity contribution in [1.82, 2.24) is 14.5 Å². The molecule has 1 aromatic carbocycles. The monoisotopic (exact) mass is 349 g/mol. The van der Waals surface area contributed by atoms with Crippen LogP contribution in [-0.2, 0) is 0 Å². The third-order valence-electron chi connectivity index (χ3n) is 4.87. The zero-order valence-electron chi connectivity index (χ0n) is 14.4. The predicted octanol–water partition coefficient (Wildman–Crippen LogP) is 4.68. The fourth-order valence-corrected chi connectivity index (χ4v) is 4.03. The van der Waals surface area contributed by atoms with Crippen LogP contribution in [0.1, 0.15) is 29.8 Å². The van der Waals surface area contributed by atoms with Crippen LogP contribution in [0, 0.1) is 13.8 Å². The number of rotatable bonds is 3. The van der Waals surface area contributed by atoms with Gasteiger partial charge in [0.1, 0.15) is 11.5 Å². The van der Waals surface area contributed by atoms with Crippen molar-refractivity contribution < 1.29 is 0 Å². The van der Waals surface area contributed by atoms with Crippen LogP contribution in [0.5, 0.6) is 0 Å². The van der Waals surface area contributed by atoms with Gasteiger partial charge in [0.05, 0.1) is 11.4 Å². The number of aromatic amines is 1. The summed E-state index contributed by atoms with van der Waals surface area (Å²) in [6, 6.07) is 12.4. The second kappa shape index (κ2) is 6.01. The van der Waals surface area contributed by atoms with Crippen LogP contribution in [0.3, 0.4) is 0 Å². The number of nitrogens with one attached hydrogen (secondary N) is 1. The number of hydrogen-bond acceptors (Lipinski definition) is 3. The number of fused-ring (bicyclic) bond motifs is 1. The lowest BCUT2D eigenvalue weighted by Gasteiger charge is -2.17. The van der Waals surface area contributed by atoms with Gasteiger partial charge in [0.2, 0.25) is 0 Å². The van der Waals surface area contributed by atoms with Crippen molar-refractivity contribution >= 4 is 22.4 Å². The highest BCUT2D eigenvalue weighted by atomic mass is 32.1. The molecule has 0 saturated carbocycles. The molecule has 4 rings (SSSR count). The minimum Gasteiger partial charge on any atom is -0.322 e. The summed E-state index contributed by atoms with van der Waals surface area (Å²) in [6.45, 7) is 6.20. The van der Waals surface area contributed by atoms with Crippen molar-refractivity contribution in [3.63, 3.8) is 0 Å². The minimum absolute atomic E-state index is 0.0780. The predicted molar refractivity (Wildman–Crippen MR) is 103 cm³/mol. The number of aryl methyl sites for hydroxylation is 1. The summed E-state index contributed by atoms with van der Waals surface area (Å²) in [5.41, 5.74) is 4.87. The fraction of sp³-hybridized carbons (Fsp3) is 0.200. The smallest absolute Gasteiger partial charge is 0.260 e. The number of hydrogen-bond donors (Lipinski definition) is 1. The molecule has 4 aromatic rings. The maximum atomic E-state index is 12.7. The van der Waals surface area contributed by atoms with Crippen LogP contribution in [0.4, 0.5) is 0 Å². The molecule has 1 unspecified atom stereocenters. The molecule has 1 N–H and O–H groups in total. The van der Waals surface area contributed by atoms with Crippen LogP contribution in [0.15, 0.2) is 52.0 Å². The van der Waals surface area contributed by atoms with Gasteiger partial charge < -0.3 is 9.55 Å². The van der Waals surface area contributed by atoms with E-state index in [0.717, 1.165) is 22.5 Å². The van der Waals surface area contributed by atoms with Gasteiger partial charge in [-0.25, -0.2) is 4.98 Å². The molecule has 0 fully saturated rings. The summed E-state index contributed by atoms with van der Waals surface area (Å²) in [6.07, 6.45) is 0. The molecule has 0 saturated heterocycles. The van der Waals surface area contributed by atoms with E-state index in [1.54, 1.807) is 11.3 Å². The Morgan fingerprint density at radius 1 is 1.16 bits per heavy atom. The van der Waals surface area contributed by atoms with Crippen LogP contribution in [0.2, 0.25) is 0 Å². The molecule has 0 radical (unpaired) electrons. The molecule has 0 amide bonds. The third kappa shape index (κ3) is 2.51. The average Bonchev–Trinajstić information content (AvgIpc) is 3.23. The largest absolute Gasteiger partial charge is 0.322 e. The third-order valence-corrected chi connectivity index (χ3v) is 5.55. The number of thiophene rings is 1. The second-order valence-electron chi connectivity index (χ2n) is 6.29. The Bertz CT molecular complexity index is 1090. The second-order valence-corrected chi connectivity index (χ2v) is 7.07. The molecule has 0 bridgehead atoms. The Balaban J connectivity index is 2.01. The number of H-pyrrole nitrogens is 1. The summed E-state index contributed by atoms with van der Waals surface area (Å²) in [5, 5.41) is 4.67. The number of benzene rings is 1. The molecule has 0 aliphatic heterocycles. The van der Waals surface area contributed by atoms with E-state index in [2.05, 4.69) is 35.5 Å². The maximum Gasteiger partial charge on any atom is 0.260 e. The highest BCUT2D eigenvalue weighted by molar-refractivity contribution is 7.08. The SMILES string of the molecule is Cc1c(C)n(C(C)c2ccccc2)c2nc(-c3ccsc3)[nH]c(=O)c12.